The largest absolute Gasteiger partial charge is 0.472 e. The highest BCUT2D eigenvalue weighted by Gasteiger charge is 2.14. The molecule has 0 fully saturated rings. The Morgan fingerprint density at radius 3 is 2.87 bits per heavy atom. The number of hydrogen-bond donors (Lipinski definition) is 1. The van der Waals surface area contributed by atoms with Gasteiger partial charge in [-0.05, 0) is 12.0 Å². The Balaban J connectivity index is 2.43. The molecule has 1 rings (SSSR count). The summed E-state index contributed by atoms with van der Waals surface area (Å²) in [6.45, 7) is 2.05. The molecule has 0 aliphatic heterocycles. The molecule has 0 aromatic carbocycles. The van der Waals surface area contributed by atoms with E-state index in [0.717, 1.165) is 5.56 Å². The summed E-state index contributed by atoms with van der Waals surface area (Å²) in [4.78, 5) is 0. The standard InChI is InChI=1S/C9H14ClNO3S/c1-8(4-10)7-15(12,13)11-5-9-2-3-14-6-9/h2-3,6,8,11H,4-5,7H2,1H3. The Morgan fingerprint density at radius 1 is 1.60 bits per heavy atom. The second-order valence-corrected chi connectivity index (χ2v) is 5.65. The van der Waals surface area contributed by atoms with E-state index in [-0.39, 0.29) is 18.2 Å². The zero-order chi connectivity index (χ0) is 11.3. The predicted octanol–water partition coefficient (Wildman–Crippen LogP) is 1.57. The first-order chi connectivity index (χ1) is 7.03. The number of sulfonamides is 1. The molecule has 86 valence electrons. The summed E-state index contributed by atoms with van der Waals surface area (Å²) in [5.74, 6) is 0.342. The molecule has 0 aliphatic carbocycles. The number of furan rings is 1. The van der Waals surface area contributed by atoms with Gasteiger partial charge in [0.25, 0.3) is 0 Å². The van der Waals surface area contributed by atoms with Gasteiger partial charge in [-0.15, -0.1) is 11.6 Å². The average molecular weight is 252 g/mol. The van der Waals surface area contributed by atoms with E-state index in [1.807, 2.05) is 0 Å². The molecule has 1 atom stereocenters. The molecule has 1 heterocycles. The van der Waals surface area contributed by atoms with Crippen LogP contribution in [0.25, 0.3) is 0 Å². The minimum absolute atomic E-state index is 0.0477. The van der Waals surface area contributed by atoms with Crippen molar-refractivity contribution < 1.29 is 12.8 Å². The Labute approximate surface area is 94.7 Å². The molecule has 1 aromatic rings. The highest BCUT2D eigenvalue weighted by molar-refractivity contribution is 7.89. The van der Waals surface area contributed by atoms with Gasteiger partial charge in [0.15, 0.2) is 0 Å². The van der Waals surface area contributed by atoms with Gasteiger partial charge in [-0.3, -0.25) is 0 Å². The first-order valence-electron chi connectivity index (χ1n) is 4.58. The van der Waals surface area contributed by atoms with Gasteiger partial charge in [-0.2, -0.15) is 0 Å². The van der Waals surface area contributed by atoms with E-state index in [2.05, 4.69) is 4.72 Å². The minimum Gasteiger partial charge on any atom is -0.472 e. The Hall–Kier alpha value is -0.520. The van der Waals surface area contributed by atoms with Gasteiger partial charge in [0.1, 0.15) is 0 Å². The Morgan fingerprint density at radius 2 is 2.33 bits per heavy atom. The quantitative estimate of drug-likeness (QED) is 0.781. The van der Waals surface area contributed by atoms with Gasteiger partial charge in [0.05, 0.1) is 18.3 Å². The molecule has 1 unspecified atom stereocenters. The van der Waals surface area contributed by atoms with Crippen molar-refractivity contribution in [2.75, 3.05) is 11.6 Å². The maximum Gasteiger partial charge on any atom is 0.212 e. The van der Waals surface area contributed by atoms with Gasteiger partial charge >= 0.3 is 0 Å². The first-order valence-corrected chi connectivity index (χ1v) is 6.76. The van der Waals surface area contributed by atoms with Crippen LogP contribution >= 0.6 is 11.6 Å². The van der Waals surface area contributed by atoms with Gasteiger partial charge < -0.3 is 4.42 Å². The Kier molecular flexibility index (Phi) is 4.63. The van der Waals surface area contributed by atoms with E-state index >= 15 is 0 Å². The van der Waals surface area contributed by atoms with Crippen molar-refractivity contribution in [3.8, 4) is 0 Å². The van der Waals surface area contributed by atoms with Crippen LogP contribution in [0.4, 0.5) is 0 Å². The van der Waals surface area contributed by atoms with Gasteiger partial charge in [0, 0.05) is 18.0 Å². The van der Waals surface area contributed by atoms with Crippen LogP contribution in [0.2, 0.25) is 0 Å². The number of nitrogens with one attached hydrogen (secondary N) is 1. The average Bonchev–Trinajstić information content (AvgIpc) is 2.66. The van der Waals surface area contributed by atoms with E-state index in [0.29, 0.717) is 5.88 Å². The smallest absolute Gasteiger partial charge is 0.212 e. The van der Waals surface area contributed by atoms with Gasteiger partial charge in [-0.25, -0.2) is 13.1 Å². The highest BCUT2D eigenvalue weighted by atomic mass is 35.5. The molecule has 0 spiro atoms. The van der Waals surface area contributed by atoms with Crippen LogP contribution in [0.5, 0.6) is 0 Å². The van der Waals surface area contributed by atoms with Crippen molar-refractivity contribution >= 4 is 21.6 Å². The van der Waals surface area contributed by atoms with Crippen LogP contribution in [-0.2, 0) is 16.6 Å². The summed E-state index contributed by atoms with van der Waals surface area (Å²) in [5.41, 5.74) is 0.803. The van der Waals surface area contributed by atoms with Gasteiger partial charge in [-0.1, -0.05) is 6.92 Å². The zero-order valence-electron chi connectivity index (χ0n) is 8.44. The van der Waals surface area contributed by atoms with Crippen molar-refractivity contribution in [3.05, 3.63) is 24.2 Å². The third-order valence-electron chi connectivity index (χ3n) is 1.84. The molecule has 0 saturated carbocycles. The number of rotatable bonds is 6. The maximum atomic E-state index is 11.5. The summed E-state index contributed by atoms with van der Waals surface area (Å²) >= 11 is 5.55. The molecule has 0 radical (unpaired) electrons. The summed E-state index contributed by atoms with van der Waals surface area (Å²) in [6.07, 6.45) is 3.01. The SMILES string of the molecule is CC(CCl)CS(=O)(=O)NCc1ccoc1. The fourth-order valence-electron chi connectivity index (χ4n) is 1.06. The molecule has 0 aliphatic rings. The molecule has 1 N–H and O–H groups in total. The molecule has 0 amide bonds. The van der Waals surface area contributed by atoms with Crippen molar-refractivity contribution in [3.63, 3.8) is 0 Å². The van der Waals surface area contributed by atoms with Crippen LogP contribution in [-0.4, -0.2) is 20.1 Å². The topological polar surface area (TPSA) is 59.3 Å². The second-order valence-electron chi connectivity index (χ2n) is 3.49. The third kappa shape index (κ3) is 4.68. The van der Waals surface area contributed by atoms with Crippen molar-refractivity contribution in [1.29, 1.82) is 0 Å². The van der Waals surface area contributed by atoms with Gasteiger partial charge in [0.2, 0.25) is 10.0 Å². The van der Waals surface area contributed by atoms with E-state index < -0.39 is 10.0 Å². The van der Waals surface area contributed by atoms with E-state index in [9.17, 15) is 8.42 Å². The third-order valence-corrected chi connectivity index (χ3v) is 3.96. The summed E-state index contributed by atoms with van der Waals surface area (Å²) in [7, 11) is -3.25. The lowest BCUT2D eigenvalue weighted by Crippen LogP contribution is -2.29. The molecule has 6 heteroatoms. The summed E-state index contributed by atoms with van der Waals surface area (Å²) in [6, 6.07) is 1.72. The second kappa shape index (κ2) is 5.53. The molecule has 15 heavy (non-hydrogen) atoms. The van der Waals surface area contributed by atoms with Crippen molar-refractivity contribution in [1.82, 2.24) is 4.72 Å². The van der Waals surface area contributed by atoms with E-state index in [1.54, 1.807) is 13.0 Å². The van der Waals surface area contributed by atoms with Crippen LogP contribution < -0.4 is 4.72 Å². The number of halogens is 1. The van der Waals surface area contributed by atoms with Crippen LogP contribution in [0.15, 0.2) is 23.0 Å². The fraction of sp³-hybridized carbons (Fsp3) is 0.556. The van der Waals surface area contributed by atoms with E-state index in [4.69, 9.17) is 16.0 Å². The lowest BCUT2D eigenvalue weighted by Gasteiger charge is -2.09. The van der Waals surface area contributed by atoms with Crippen molar-refractivity contribution in [2.45, 2.75) is 13.5 Å². The maximum absolute atomic E-state index is 11.5. The zero-order valence-corrected chi connectivity index (χ0v) is 10.0. The van der Waals surface area contributed by atoms with Crippen LogP contribution in [0.1, 0.15) is 12.5 Å². The molecule has 4 nitrogen and oxygen atoms in total. The summed E-state index contributed by atoms with van der Waals surface area (Å²) < 4.78 is 30.3. The molecule has 0 bridgehead atoms. The number of alkyl halides is 1. The van der Waals surface area contributed by atoms with Crippen molar-refractivity contribution in [2.24, 2.45) is 5.92 Å². The normalized spacial score (nSPS) is 14.0. The monoisotopic (exact) mass is 251 g/mol. The minimum atomic E-state index is -3.25. The molecule has 1 aromatic heterocycles. The number of hydrogen-bond acceptors (Lipinski definition) is 3. The predicted molar refractivity (Wildman–Crippen MR) is 59.2 cm³/mol. The highest BCUT2D eigenvalue weighted by Crippen LogP contribution is 2.04. The molecular weight excluding hydrogens is 238 g/mol. The lowest BCUT2D eigenvalue weighted by atomic mass is 10.3. The van der Waals surface area contributed by atoms with E-state index in [1.165, 1.54) is 12.5 Å². The first kappa shape index (κ1) is 12.5. The fourth-order valence-corrected chi connectivity index (χ4v) is 2.67. The molecule has 0 saturated heterocycles. The Bertz CT molecular complexity index is 374. The molecular formula is C9H14ClNO3S. The van der Waals surface area contributed by atoms with Crippen LogP contribution in [0.3, 0.4) is 0 Å². The summed E-state index contributed by atoms with van der Waals surface area (Å²) in [5, 5.41) is 0. The lowest BCUT2D eigenvalue weighted by molar-refractivity contribution is 0.558. The van der Waals surface area contributed by atoms with Crippen LogP contribution in [0, 0.1) is 5.92 Å².